The minimum absolute atomic E-state index is 0.400. The highest BCUT2D eigenvalue weighted by Gasteiger charge is 2.09. The third-order valence-corrected chi connectivity index (χ3v) is 2.68. The van der Waals surface area contributed by atoms with E-state index < -0.39 is 0 Å². The van der Waals surface area contributed by atoms with Crippen LogP contribution in [0.4, 0.5) is 0 Å². The molecule has 7 heteroatoms. The standard InChI is InChI=1S/C12H9N5OS/c19-12-16-15-11(10-2-1-7-18-10)17(12)14-8-9-3-5-13-6-4-9/h1-8H,(H,16,19). The SMILES string of the molecule is S=c1[nH]nc(-c2ccco2)n1N=Cc1ccncc1. The molecule has 0 fully saturated rings. The first-order valence-electron chi connectivity index (χ1n) is 5.50. The molecule has 3 rings (SSSR count). The van der Waals surface area contributed by atoms with Crippen LogP contribution in [0.1, 0.15) is 5.56 Å². The number of nitrogens with one attached hydrogen (secondary N) is 1. The lowest BCUT2D eigenvalue weighted by molar-refractivity contribution is 0.573. The van der Waals surface area contributed by atoms with E-state index in [1.165, 1.54) is 4.68 Å². The Hall–Kier alpha value is -2.54. The van der Waals surface area contributed by atoms with E-state index in [-0.39, 0.29) is 0 Å². The van der Waals surface area contributed by atoms with E-state index in [9.17, 15) is 0 Å². The predicted octanol–water partition coefficient (Wildman–Crippen LogP) is 2.48. The van der Waals surface area contributed by atoms with Gasteiger partial charge in [0.15, 0.2) is 5.76 Å². The molecule has 0 unspecified atom stereocenters. The van der Waals surface area contributed by atoms with Gasteiger partial charge in [-0.05, 0) is 42.0 Å². The van der Waals surface area contributed by atoms with Gasteiger partial charge < -0.3 is 4.42 Å². The maximum atomic E-state index is 5.29. The summed E-state index contributed by atoms with van der Waals surface area (Å²) < 4.78 is 7.20. The average Bonchev–Trinajstić information content (AvgIpc) is 3.07. The molecule has 0 aliphatic heterocycles. The first kappa shape index (κ1) is 11.5. The third-order valence-electron chi connectivity index (χ3n) is 2.42. The van der Waals surface area contributed by atoms with Crippen molar-refractivity contribution in [1.82, 2.24) is 19.9 Å². The summed E-state index contributed by atoms with van der Waals surface area (Å²) >= 11 is 5.14. The molecule has 3 aromatic heterocycles. The van der Waals surface area contributed by atoms with Crippen molar-refractivity contribution in [3.8, 4) is 11.6 Å². The number of nitrogens with zero attached hydrogens (tertiary/aromatic N) is 4. The molecule has 0 aliphatic rings. The Morgan fingerprint density at radius 3 is 2.89 bits per heavy atom. The Labute approximate surface area is 113 Å². The summed E-state index contributed by atoms with van der Waals surface area (Å²) in [6.07, 6.45) is 6.65. The molecule has 0 radical (unpaired) electrons. The molecule has 0 atom stereocenters. The van der Waals surface area contributed by atoms with Crippen molar-refractivity contribution in [3.05, 3.63) is 53.3 Å². The fraction of sp³-hybridized carbons (Fsp3) is 0. The summed E-state index contributed by atoms with van der Waals surface area (Å²) in [6, 6.07) is 7.27. The maximum Gasteiger partial charge on any atom is 0.219 e. The van der Waals surface area contributed by atoms with Crippen molar-refractivity contribution in [2.75, 3.05) is 0 Å². The number of aromatic nitrogens is 4. The highest BCUT2D eigenvalue weighted by atomic mass is 32.1. The van der Waals surface area contributed by atoms with Crippen molar-refractivity contribution in [1.29, 1.82) is 0 Å². The Kier molecular flexibility index (Phi) is 3.03. The van der Waals surface area contributed by atoms with Crippen molar-refractivity contribution >= 4 is 18.4 Å². The van der Waals surface area contributed by atoms with Gasteiger partial charge >= 0.3 is 0 Å². The lowest BCUT2D eigenvalue weighted by atomic mass is 10.3. The van der Waals surface area contributed by atoms with E-state index in [2.05, 4.69) is 20.3 Å². The number of hydrogen-bond donors (Lipinski definition) is 1. The Morgan fingerprint density at radius 2 is 2.16 bits per heavy atom. The van der Waals surface area contributed by atoms with Gasteiger partial charge in [0.1, 0.15) is 0 Å². The van der Waals surface area contributed by atoms with Gasteiger partial charge in [0.25, 0.3) is 0 Å². The van der Waals surface area contributed by atoms with Crippen LogP contribution in [-0.2, 0) is 0 Å². The number of pyridine rings is 1. The molecule has 3 aromatic rings. The fourth-order valence-electron chi connectivity index (χ4n) is 1.54. The van der Waals surface area contributed by atoms with E-state index in [4.69, 9.17) is 16.6 Å². The molecule has 19 heavy (non-hydrogen) atoms. The van der Waals surface area contributed by atoms with Crippen LogP contribution >= 0.6 is 12.2 Å². The predicted molar refractivity (Wildman–Crippen MR) is 72.3 cm³/mol. The van der Waals surface area contributed by atoms with Crippen LogP contribution in [0.3, 0.4) is 0 Å². The molecule has 0 aliphatic carbocycles. The molecule has 0 spiro atoms. The molecule has 6 nitrogen and oxygen atoms in total. The van der Waals surface area contributed by atoms with E-state index in [0.29, 0.717) is 16.4 Å². The Morgan fingerprint density at radius 1 is 1.32 bits per heavy atom. The molecule has 0 amide bonds. The largest absolute Gasteiger partial charge is 0.461 e. The summed E-state index contributed by atoms with van der Waals surface area (Å²) in [5.74, 6) is 1.12. The van der Waals surface area contributed by atoms with Crippen LogP contribution in [0.15, 0.2) is 52.4 Å². The summed E-state index contributed by atoms with van der Waals surface area (Å²) in [6.45, 7) is 0. The van der Waals surface area contributed by atoms with E-state index in [1.54, 1.807) is 37.0 Å². The minimum atomic E-state index is 0.400. The molecular weight excluding hydrogens is 262 g/mol. The van der Waals surface area contributed by atoms with Gasteiger partial charge in [-0.15, -0.1) is 5.10 Å². The van der Waals surface area contributed by atoms with Gasteiger partial charge in [0, 0.05) is 12.4 Å². The highest BCUT2D eigenvalue weighted by Crippen LogP contribution is 2.17. The summed E-state index contributed by atoms with van der Waals surface area (Å²) in [5, 5.41) is 11.1. The zero-order chi connectivity index (χ0) is 13.1. The van der Waals surface area contributed by atoms with Gasteiger partial charge in [0.05, 0.1) is 12.5 Å². The normalized spacial score (nSPS) is 11.2. The minimum Gasteiger partial charge on any atom is -0.461 e. The second kappa shape index (κ2) is 4.99. The average molecular weight is 271 g/mol. The first-order valence-corrected chi connectivity index (χ1v) is 5.91. The van der Waals surface area contributed by atoms with Crippen LogP contribution in [0, 0.1) is 4.77 Å². The highest BCUT2D eigenvalue weighted by molar-refractivity contribution is 7.71. The lowest BCUT2D eigenvalue weighted by Crippen LogP contribution is -1.94. The topological polar surface area (TPSA) is 72.0 Å². The van der Waals surface area contributed by atoms with Gasteiger partial charge in [-0.1, -0.05) is 0 Å². The van der Waals surface area contributed by atoms with Crippen LogP contribution in [-0.4, -0.2) is 26.1 Å². The van der Waals surface area contributed by atoms with Gasteiger partial charge in [-0.3, -0.25) is 4.98 Å². The van der Waals surface area contributed by atoms with Gasteiger partial charge in [0.2, 0.25) is 10.6 Å². The van der Waals surface area contributed by atoms with Crippen LogP contribution in [0.25, 0.3) is 11.6 Å². The smallest absolute Gasteiger partial charge is 0.219 e. The summed E-state index contributed by atoms with van der Waals surface area (Å²) in [7, 11) is 0. The van der Waals surface area contributed by atoms with Crippen molar-refractivity contribution in [2.45, 2.75) is 0 Å². The zero-order valence-corrected chi connectivity index (χ0v) is 10.5. The number of aromatic amines is 1. The molecule has 0 saturated carbocycles. The van der Waals surface area contributed by atoms with Crippen LogP contribution < -0.4 is 0 Å². The van der Waals surface area contributed by atoms with Crippen molar-refractivity contribution in [2.24, 2.45) is 5.10 Å². The Balaban J connectivity index is 2.00. The molecule has 0 saturated heterocycles. The second-order valence-electron chi connectivity index (χ2n) is 3.67. The molecule has 1 N–H and O–H groups in total. The molecule has 3 heterocycles. The molecule has 0 bridgehead atoms. The van der Waals surface area contributed by atoms with Crippen LogP contribution in [0.2, 0.25) is 0 Å². The number of rotatable bonds is 3. The van der Waals surface area contributed by atoms with E-state index in [1.807, 2.05) is 12.1 Å². The van der Waals surface area contributed by atoms with E-state index in [0.717, 1.165) is 5.56 Å². The van der Waals surface area contributed by atoms with E-state index >= 15 is 0 Å². The van der Waals surface area contributed by atoms with Crippen LogP contribution in [0.5, 0.6) is 0 Å². The summed E-state index contributed by atoms with van der Waals surface area (Å²) in [5.41, 5.74) is 0.920. The van der Waals surface area contributed by atoms with Crippen molar-refractivity contribution in [3.63, 3.8) is 0 Å². The van der Waals surface area contributed by atoms with Crippen molar-refractivity contribution < 1.29 is 4.42 Å². The van der Waals surface area contributed by atoms with Gasteiger partial charge in [-0.2, -0.15) is 9.78 Å². The third kappa shape index (κ3) is 2.36. The fourth-order valence-corrected chi connectivity index (χ4v) is 1.72. The first-order chi connectivity index (χ1) is 9.34. The molecule has 94 valence electrons. The molecular formula is C12H9N5OS. The summed E-state index contributed by atoms with van der Waals surface area (Å²) in [4.78, 5) is 3.94. The zero-order valence-electron chi connectivity index (χ0n) is 9.72. The molecule has 0 aromatic carbocycles. The lowest BCUT2D eigenvalue weighted by Gasteiger charge is -1.96. The van der Waals surface area contributed by atoms with Gasteiger partial charge in [-0.25, -0.2) is 5.10 Å². The number of H-pyrrole nitrogens is 1. The Bertz CT molecular complexity index is 742. The number of furan rings is 1. The monoisotopic (exact) mass is 271 g/mol. The second-order valence-corrected chi connectivity index (χ2v) is 4.05. The maximum absolute atomic E-state index is 5.29. The number of hydrogen-bond acceptors (Lipinski definition) is 5. The quantitative estimate of drug-likeness (QED) is 0.586.